The summed E-state index contributed by atoms with van der Waals surface area (Å²) in [5.74, 6) is -0.933. The highest BCUT2D eigenvalue weighted by Crippen LogP contribution is 2.29. The zero-order valence-corrected chi connectivity index (χ0v) is 17.7. The first-order valence-electron chi connectivity index (χ1n) is 10.4. The number of rotatable bonds is 6. The Kier molecular flexibility index (Phi) is 5.13. The van der Waals surface area contributed by atoms with Crippen molar-refractivity contribution in [3.05, 3.63) is 102 Å². The molecule has 0 bridgehead atoms. The van der Waals surface area contributed by atoms with Crippen molar-refractivity contribution in [3.63, 3.8) is 0 Å². The van der Waals surface area contributed by atoms with E-state index in [1.54, 1.807) is 17.0 Å². The first-order chi connectivity index (χ1) is 15.6. The van der Waals surface area contributed by atoms with Gasteiger partial charge >= 0.3 is 5.91 Å². The topological polar surface area (TPSA) is 58.4 Å². The summed E-state index contributed by atoms with van der Waals surface area (Å²) in [5, 5.41) is 4.85. The van der Waals surface area contributed by atoms with Gasteiger partial charge in [-0.3, -0.25) is 19.4 Å². The molecule has 0 atom stereocenters. The third kappa shape index (κ3) is 3.61. The van der Waals surface area contributed by atoms with Crippen molar-refractivity contribution in [3.8, 4) is 16.9 Å². The van der Waals surface area contributed by atoms with E-state index in [2.05, 4.69) is 0 Å². The molecule has 1 amide bonds. The molecule has 1 aromatic heterocycles. The normalized spacial score (nSPS) is 13.1. The second kappa shape index (κ2) is 8.24. The molecule has 5 rings (SSSR count). The molecular formula is C26H22N4O2. The number of carbonyl (C=O) groups is 2. The minimum absolute atomic E-state index is 0.312. The molecule has 0 unspecified atom stereocenters. The van der Waals surface area contributed by atoms with Crippen LogP contribution in [0.4, 0.5) is 5.69 Å². The third-order valence-electron chi connectivity index (χ3n) is 5.56. The number of Topliss-reactive ketones (excluding diaryl/α,β-unsaturated/α-hetero) is 1. The van der Waals surface area contributed by atoms with E-state index in [-0.39, 0.29) is 0 Å². The number of nitrogens with zero attached hydrogens (tertiary/aromatic N) is 4. The summed E-state index contributed by atoms with van der Waals surface area (Å²) in [6, 6.07) is 27.2. The number of hydrogen-bond donors (Lipinski definition) is 0. The lowest BCUT2D eigenvalue weighted by molar-refractivity contribution is -0.114. The van der Waals surface area contributed by atoms with Crippen LogP contribution < -0.4 is 4.90 Å². The molecule has 2 heterocycles. The molecule has 0 aliphatic carbocycles. The Morgan fingerprint density at radius 2 is 1.50 bits per heavy atom. The van der Waals surface area contributed by atoms with Crippen molar-refractivity contribution in [1.82, 2.24) is 14.7 Å². The van der Waals surface area contributed by atoms with Crippen molar-refractivity contribution < 1.29 is 9.59 Å². The fraction of sp³-hybridized carbons (Fsp3) is 0.115. The molecule has 0 spiro atoms. The zero-order valence-electron chi connectivity index (χ0n) is 17.7. The van der Waals surface area contributed by atoms with Gasteiger partial charge < -0.3 is 0 Å². The van der Waals surface area contributed by atoms with E-state index in [0.717, 1.165) is 22.5 Å². The van der Waals surface area contributed by atoms with E-state index in [9.17, 15) is 9.59 Å². The van der Waals surface area contributed by atoms with E-state index in [1.807, 2.05) is 95.6 Å². The highest BCUT2D eigenvalue weighted by atomic mass is 16.2. The molecule has 6 heteroatoms. The van der Waals surface area contributed by atoms with Crippen molar-refractivity contribution in [2.75, 3.05) is 18.6 Å². The first kappa shape index (κ1) is 19.9. The van der Waals surface area contributed by atoms with Gasteiger partial charge in [0.05, 0.1) is 29.3 Å². The molecule has 1 aliphatic heterocycles. The minimum atomic E-state index is -0.485. The van der Waals surface area contributed by atoms with E-state index in [4.69, 9.17) is 5.10 Å². The summed E-state index contributed by atoms with van der Waals surface area (Å²) < 4.78 is 1.88. The first-order valence-corrected chi connectivity index (χ1v) is 10.4. The molecule has 3 aromatic carbocycles. The summed E-state index contributed by atoms with van der Waals surface area (Å²) in [5.41, 5.74) is 5.07. The SMILES string of the molecule is CN(Cc1cn(-c2ccccc2)nc1-c1ccccc1)CN1C(=O)C(=O)c2ccccc21. The van der Waals surface area contributed by atoms with Gasteiger partial charge in [-0.2, -0.15) is 5.10 Å². The maximum absolute atomic E-state index is 12.6. The van der Waals surface area contributed by atoms with Crippen LogP contribution in [0.3, 0.4) is 0 Å². The Hall–Kier alpha value is -4.03. The quantitative estimate of drug-likeness (QED) is 0.438. The lowest BCUT2D eigenvalue weighted by Gasteiger charge is -2.24. The zero-order chi connectivity index (χ0) is 22.1. The van der Waals surface area contributed by atoms with Crippen molar-refractivity contribution >= 4 is 17.4 Å². The van der Waals surface area contributed by atoms with Crippen LogP contribution in [0.2, 0.25) is 0 Å². The highest BCUT2D eigenvalue weighted by Gasteiger charge is 2.35. The third-order valence-corrected chi connectivity index (χ3v) is 5.56. The van der Waals surface area contributed by atoms with Crippen molar-refractivity contribution in [1.29, 1.82) is 0 Å². The van der Waals surface area contributed by atoms with Crippen LogP contribution in [0.25, 0.3) is 16.9 Å². The van der Waals surface area contributed by atoms with Crippen molar-refractivity contribution in [2.45, 2.75) is 6.54 Å². The minimum Gasteiger partial charge on any atom is -0.291 e. The van der Waals surface area contributed by atoms with E-state index < -0.39 is 11.7 Å². The summed E-state index contributed by atoms with van der Waals surface area (Å²) in [4.78, 5) is 28.4. The summed E-state index contributed by atoms with van der Waals surface area (Å²) >= 11 is 0. The van der Waals surface area contributed by atoms with Crippen LogP contribution >= 0.6 is 0 Å². The molecule has 6 nitrogen and oxygen atoms in total. The number of carbonyl (C=O) groups excluding carboxylic acids is 2. The predicted octanol–water partition coefficient (Wildman–Crippen LogP) is 4.16. The molecule has 4 aromatic rings. The number of benzene rings is 3. The number of amides is 1. The number of aromatic nitrogens is 2. The Morgan fingerprint density at radius 3 is 2.25 bits per heavy atom. The average molecular weight is 422 g/mol. The molecule has 0 saturated heterocycles. The Balaban J connectivity index is 1.44. The van der Waals surface area contributed by atoms with Gasteiger partial charge in [-0.05, 0) is 31.3 Å². The standard InChI is InChI=1S/C26H22N4O2/c1-28(18-29-23-15-9-8-14-22(23)25(31)26(29)32)16-20-17-30(21-12-6-3-7-13-21)27-24(20)19-10-4-2-5-11-19/h2-15,17H,16,18H2,1H3. The number of para-hydroxylation sites is 2. The highest BCUT2D eigenvalue weighted by molar-refractivity contribution is 6.52. The summed E-state index contributed by atoms with van der Waals surface area (Å²) in [7, 11) is 1.94. The Bertz CT molecular complexity index is 1280. The summed E-state index contributed by atoms with van der Waals surface area (Å²) in [6.07, 6.45) is 2.03. The van der Waals surface area contributed by atoms with Gasteiger partial charge in [0.15, 0.2) is 0 Å². The van der Waals surface area contributed by atoms with Crippen LogP contribution in [0.15, 0.2) is 91.1 Å². The number of fused-ring (bicyclic) bond motifs is 1. The van der Waals surface area contributed by atoms with E-state index in [0.29, 0.717) is 24.5 Å². The number of ketones is 1. The fourth-order valence-corrected chi connectivity index (χ4v) is 4.05. The lowest BCUT2D eigenvalue weighted by atomic mass is 10.1. The maximum atomic E-state index is 12.6. The van der Waals surface area contributed by atoms with Gasteiger partial charge in [-0.15, -0.1) is 0 Å². The molecule has 32 heavy (non-hydrogen) atoms. The molecule has 0 fully saturated rings. The van der Waals surface area contributed by atoms with Crippen LogP contribution in [-0.4, -0.2) is 40.1 Å². The van der Waals surface area contributed by atoms with Crippen molar-refractivity contribution in [2.24, 2.45) is 0 Å². The van der Waals surface area contributed by atoms with Gasteiger partial charge in [-0.25, -0.2) is 4.68 Å². The number of anilines is 1. The van der Waals surface area contributed by atoms with Gasteiger partial charge in [0, 0.05) is 23.9 Å². The molecule has 1 aliphatic rings. The molecule has 0 saturated carbocycles. The maximum Gasteiger partial charge on any atom is 0.300 e. The average Bonchev–Trinajstić information content (AvgIpc) is 3.35. The second-order valence-corrected chi connectivity index (χ2v) is 7.88. The largest absolute Gasteiger partial charge is 0.300 e. The second-order valence-electron chi connectivity index (χ2n) is 7.88. The van der Waals surface area contributed by atoms with E-state index >= 15 is 0 Å². The van der Waals surface area contributed by atoms with E-state index in [1.165, 1.54) is 0 Å². The predicted molar refractivity (Wildman–Crippen MR) is 124 cm³/mol. The lowest BCUT2D eigenvalue weighted by Crippen LogP contribution is -2.38. The van der Waals surface area contributed by atoms with Gasteiger partial charge in [-0.1, -0.05) is 60.7 Å². The molecule has 158 valence electrons. The Morgan fingerprint density at radius 1 is 0.844 bits per heavy atom. The Labute approximate surface area is 186 Å². The van der Waals surface area contributed by atoms with Crippen LogP contribution in [-0.2, 0) is 11.3 Å². The van der Waals surface area contributed by atoms with Crippen LogP contribution in [0.1, 0.15) is 15.9 Å². The molecule has 0 N–H and O–H groups in total. The fourth-order valence-electron chi connectivity index (χ4n) is 4.05. The van der Waals surface area contributed by atoms with Crippen LogP contribution in [0.5, 0.6) is 0 Å². The smallest absolute Gasteiger partial charge is 0.291 e. The monoisotopic (exact) mass is 422 g/mol. The molecule has 0 radical (unpaired) electrons. The summed E-state index contributed by atoms with van der Waals surface area (Å²) in [6.45, 7) is 0.879. The molecular weight excluding hydrogens is 400 g/mol. The van der Waals surface area contributed by atoms with Gasteiger partial charge in [0.1, 0.15) is 0 Å². The van der Waals surface area contributed by atoms with Gasteiger partial charge in [0.25, 0.3) is 5.78 Å². The van der Waals surface area contributed by atoms with Gasteiger partial charge in [0.2, 0.25) is 0 Å². The number of hydrogen-bond acceptors (Lipinski definition) is 4. The van der Waals surface area contributed by atoms with Crippen LogP contribution in [0, 0.1) is 0 Å².